The van der Waals surface area contributed by atoms with Crippen LogP contribution in [0.2, 0.25) is 0 Å². The van der Waals surface area contributed by atoms with Crippen molar-refractivity contribution >= 4 is 27.4 Å². The second kappa shape index (κ2) is 7.79. The Labute approximate surface area is 153 Å². The van der Waals surface area contributed by atoms with Crippen molar-refractivity contribution in [3.05, 3.63) is 41.3 Å². The van der Waals surface area contributed by atoms with Crippen LogP contribution < -0.4 is 14.9 Å². The molecule has 2 rings (SSSR count). The van der Waals surface area contributed by atoms with Crippen molar-refractivity contribution in [1.82, 2.24) is 14.7 Å². The van der Waals surface area contributed by atoms with Gasteiger partial charge in [0.05, 0.1) is 11.4 Å². The monoisotopic (exact) mass is 377 g/mol. The molecule has 2 aromatic rings. The van der Waals surface area contributed by atoms with E-state index >= 15 is 0 Å². The van der Waals surface area contributed by atoms with Gasteiger partial charge in [-0.3, -0.25) is 4.79 Å². The van der Waals surface area contributed by atoms with E-state index in [2.05, 4.69) is 20.0 Å². The van der Waals surface area contributed by atoms with E-state index in [1.807, 2.05) is 32.0 Å². The van der Waals surface area contributed by atoms with Crippen molar-refractivity contribution in [2.45, 2.75) is 32.2 Å². The minimum atomic E-state index is -3.74. The number of carbonyl (C=O) groups excluding carboxylic acids is 1. The van der Waals surface area contributed by atoms with Crippen LogP contribution in [-0.4, -0.2) is 38.4 Å². The van der Waals surface area contributed by atoms with E-state index in [0.29, 0.717) is 22.9 Å². The summed E-state index contributed by atoms with van der Waals surface area (Å²) in [5.41, 5.74) is 1.84. The van der Waals surface area contributed by atoms with Crippen molar-refractivity contribution in [3.63, 3.8) is 0 Å². The fraction of sp³-hybridized carbons (Fsp3) is 0.353. The van der Waals surface area contributed by atoms with Gasteiger partial charge in [-0.1, -0.05) is 0 Å². The maximum Gasteiger partial charge on any atom is 0.241 e. The second-order valence-electron chi connectivity index (χ2n) is 6.16. The van der Waals surface area contributed by atoms with Gasteiger partial charge in [0.1, 0.15) is 11.6 Å². The number of amides is 1. The average molecular weight is 377 g/mol. The predicted octanol–water partition coefficient (Wildman–Crippen LogP) is 1.60. The van der Waals surface area contributed by atoms with Crippen LogP contribution in [0.3, 0.4) is 0 Å². The normalized spacial score (nSPS) is 11.3. The molecule has 0 bridgehead atoms. The molecule has 2 N–H and O–H groups in total. The quantitative estimate of drug-likeness (QED) is 0.792. The van der Waals surface area contributed by atoms with E-state index in [-0.39, 0.29) is 17.3 Å². The van der Waals surface area contributed by atoms with Gasteiger partial charge in [0.25, 0.3) is 0 Å². The standard InChI is InChI=1S/C17H23N5O3S/c1-11-8-14(20-13(3)23)6-7-15(11)26(24,25)18-10-16-19-12(2)9-17(21-16)22(4)5/h6-9,18H,10H2,1-5H3,(H,20,23). The molecule has 26 heavy (non-hydrogen) atoms. The van der Waals surface area contributed by atoms with Gasteiger partial charge in [0.2, 0.25) is 15.9 Å². The summed E-state index contributed by atoms with van der Waals surface area (Å²) in [6.45, 7) is 4.88. The Bertz CT molecular complexity index is 926. The molecule has 0 fully saturated rings. The van der Waals surface area contributed by atoms with E-state index in [1.165, 1.54) is 13.0 Å². The van der Waals surface area contributed by atoms with Crippen LogP contribution in [0.25, 0.3) is 0 Å². The zero-order chi connectivity index (χ0) is 19.5. The maximum absolute atomic E-state index is 12.6. The smallest absolute Gasteiger partial charge is 0.241 e. The molecule has 9 heteroatoms. The topological polar surface area (TPSA) is 104 Å². The number of aryl methyl sites for hydroxylation is 2. The third kappa shape index (κ3) is 4.99. The largest absolute Gasteiger partial charge is 0.363 e. The number of benzene rings is 1. The first-order chi connectivity index (χ1) is 12.1. The Balaban J connectivity index is 2.20. The summed E-state index contributed by atoms with van der Waals surface area (Å²) < 4.78 is 27.7. The lowest BCUT2D eigenvalue weighted by Gasteiger charge is -2.14. The number of hydrogen-bond acceptors (Lipinski definition) is 6. The number of rotatable bonds is 6. The number of carbonyl (C=O) groups is 1. The summed E-state index contributed by atoms with van der Waals surface area (Å²) in [7, 11) is -0.0229. The third-order valence-electron chi connectivity index (χ3n) is 3.55. The Morgan fingerprint density at radius 1 is 1.15 bits per heavy atom. The molecular formula is C17H23N5O3S. The number of anilines is 2. The van der Waals surface area contributed by atoms with Gasteiger partial charge in [-0.05, 0) is 37.6 Å². The van der Waals surface area contributed by atoms with Gasteiger partial charge in [-0.25, -0.2) is 23.1 Å². The zero-order valence-electron chi connectivity index (χ0n) is 15.5. The van der Waals surface area contributed by atoms with Crippen molar-refractivity contribution in [2.75, 3.05) is 24.3 Å². The number of hydrogen-bond donors (Lipinski definition) is 2. The van der Waals surface area contributed by atoms with Crippen LogP contribution in [0.15, 0.2) is 29.2 Å². The fourth-order valence-corrected chi connectivity index (χ4v) is 3.59. The first kappa shape index (κ1) is 19.8. The van der Waals surface area contributed by atoms with Gasteiger partial charge in [-0.15, -0.1) is 0 Å². The highest BCUT2D eigenvalue weighted by Gasteiger charge is 2.18. The Hall–Kier alpha value is -2.52. The molecule has 0 atom stereocenters. The van der Waals surface area contributed by atoms with Crippen molar-refractivity contribution in [3.8, 4) is 0 Å². The Kier molecular flexibility index (Phi) is 5.94. The summed E-state index contributed by atoms with van der Waals surface area (Å²) >= 11 is 0. The fourth-order valence-electron chi connectivity index (χ4n) is 2.39. The van der Waals surface area contributed by atoms with Crippen LogP contribution >= 0.6 is 0 Å². The number of sulfonamides is 1. The first-order valence-electron chi connectivity index (χ1n) is 7.98. The highest BCUT2D eigenvalue weighted by molar-refractivity contribution is 7.89. The molecule has 1 heterocycles. The lowest BCUT2D eigenvalue weighted by Crippen LogP contribution is -2.25. The van der Waals surface area contributed by atoms with Gasteiger partial charge in [0, 0.05) is 38.5 Å². The lowest BCUT2D eigenvalue weighted by molar-refractivity contribution is -0.114. The van der Waals surface area contributed by atoms with Gasteiger partial charge < -0.3 is 10.2 Å². The Morgan fingerprint density at radius 3 is 2.42 bits per heavy atom. The number of nitrogens with zero attached hydrogens (tertiary/aromatic N) is 3. The molecule has 0 radical (unpaired) electrons. The molecule has 0 aliphatic carbocycles. The van der Waals surface area contributed by atoms with Crippen LogP contribution in [0, 0.1) is 13.8 Å². The number of nitrogens with one attached hydrogen (secondary N) is 2. The molecule has 1 aromatic carbocycles. The minimum Gasteiger partial charge on any atom is -0.363 e. The molecule has 0 aliphatic rings. The van der Waals surface area contributed by atoms with Gasteiger partial charge in [-0.2, -0.15) is 0 Å². The van der Waals surface area contributed by atoms with E-state index < -0.39 is 10.0 Å². The zero-order valence-corrected chi connectivity index (χ0v) is 16.3. The molecule has 140 valence electrons. The predicted molar refractivity (Wildman–Crippen MR) is 101 cm³/mol. The molecule has 0 spiro atoms. The molecule has 8 nitrogen and oxygen atoms in total. The van der Waals surface area contributed by atoms with Crippen molar-refractivity contribution < 1.29 is 13.2 Å². The summed E-state index contributed by atoms with van der Waals surface area (Å²) in [5.74, 6) is 0.888. The van der Waals surface area contributed by atoms with Crippen molar-refractivity contribution in [2.24, 2.45) is 0 Å². The SMILES string of the molecule is CC(=O)Nc1ccc(S(=O)(=O)NCc2nc(C)cc(N(C)C)n2)c(C)c1. The van der Waals surface area contributed by atoms with Crippen molar-refractivity contribution in [1.29, 1.82) is 0 Å². The van der Waals surface area contributed by atoms with E-state index in [9.17, 15) is 13.2 Å². The minimum absolute atomic E-state index is 0.0161. The maximum atomic E-state index is 12.6. The average Bonchev–Trinajstić information content (AvgIpc) is 2.51. The Morgan fingerprint density at radius 2 is 1.85 bits per heavy atom. The van der Waals surface area contributed by atoms with E-state index in [4.69, 9.17) is 0 Å². The van der Waals surface area contributed by atoms with E-state index in [1.54, 1.807) is 19.1 Å². The van der Waals surface area contributed by atoms with Crippen LogP contribution in [0.1, 0.15) is 24.0 Å². The summed E-state index contributed by atoms with van der Waals surface area (Å²) in [6, 6.07) is 6.45. The highest BCUT2D eigenvalue weighted by atomic mass is 32.2. The van der Waals surface area contributed by atoms with Gasteiger partial charge >= 0.3 is 0 Å². The molecule has 0 saturated carbocycles. The van der Waals surface area contributed by atoms with Crippen LogP contribution in [-0.2, 0) is 21.4 Å². The first-order valence-corrected chi connectivity index (χ1v) is 9.46. The molecular weight excluding hydrogens is 354 g/mol. The number of aromatic nitrogens is 2. The lowest BCUT2D eigenvalue weighted by atomic mass is 10.2. The van der Waals surface area contributed by atoms with Crippen LogP contribution in [0.4, 0.5) is 11.5 Å². The molecule has 1 amide bonds. The third-order valence-corrected chi connectivity index (χ3v) is 5.11. The summed E-state index contributed by atoms with van der Waals surface area (Å²) in [6.07, 6.45) is 0. The summed E-state index contributed by atoms with van der Waals surface area (Å²) in [4.78, 5) is 21.7. The van der Waals surface area contributed by atoms with Crippen LogP contribution in [0.5, 0.6) is 0 Å². The molecule has 0 aliphatic heterocycles. The van der Waals surface area contributed by atoms with Gasteiger partial charge in [0.15, 0.2) is 0 Å². The molecule has 0 unspecified atom stereocenters. The molecule has 1 aromatic heterocycles. The summed E-state index contributed by atoms with van der Waals surface area (Å²) in [5, 5.41) is 2.63. The highest BCUT2D eigenvalue weighted by Crippen LogP contribution is 2.20. The second-order valence-corrected chi connectivity index (χ2v) is 7.90. The van der Waals surface area contributed by atoms with E-state index in [0.717, 1.165) is 5.69 Å². The molecule has 0 saturated heterocycles.